The first-order chi connectivity index (χ1) is 12.0. The quantitative estimate of drug-likeness (QED) is 0.731. The zero-order chi connectivity index (χ0) is 18.2. The minimum absolute atomic E-state index is 0.0260. The molecule has 2 aromatic carbocycles. The number of nitrogens with one attached hydrogen (secondary N) is 2. The standard InChI is InChI=1S/C20H24N2O2S/c1-4-14(2)18(22-19(23)15-8-6-5-7-9-15)20(24)21-16-10-12-17(25-3)13-11-16/h5-14,18H,4H2,1-3H3,(H,21,24)(H,22,23)/t14-,18-/m0/s1. The first-order valence-corrected chi connectivity index (χ1v) is 9.58. The molecule has 132 valence electrons. The van der Waals surface area contributed by atoms with E-state index in [-0.39, 0.29) is 17.7 Å². The molecule has 0 fully saturated rings. The lowest BCUT2D eigenvalue weighted by molar-refractivity contribution is -0.119. The highest BCUT2D eigenvalue weighted by Gasteiger charge is 2.26. The number of thioether (sulfide) groups is 1. The van der Waals surface area contributed by atoms with Crippen LogP contribution in [-0.2, 0) is 4.79 Å². The fourth-order valence-corrected chi connectivity index (χ4v) is 2.82. The summed E-state index contributed by atoms with van der Waals surface area (Å²) in [5.41, 5.74) is 1.28. The van der Waals surface area contributed by atoms with Gasteiger partial charge >= 0.3 is 0 Å². The molecule has 2 aromatic rings. The predicted octanol–water partition coefficient (Wildman–Crippen LogP) is 4.19. The van der Waals surface area contributed by atoms with Crippen LogP contribution in [0.25, 0.3) is 0 Å². The predicted molar refractivity (Wildman–Crippen MR) is 104 cm³/mol. The monoisotopic (exact) mass is 356 g/mol. The summed E-state index contributed by atoms with van der Waals surface area (Å²) in [5, 5.41) is 5.77. The Morgan fingerprint density at radius 1 is 1.04 bits per heavy atom. The summed E-state index contributed by atoms with van der Waals surface area (Å²) >= 11 is 1.65. The molecule has 2 rings (SSSR count). The van der Waals surface area contributed by atoms with E-state index in [1.807, 2.05) is 50.4 Å². The molecule has 0 bridgehead atoms. The number of carbonyl (C=O) groups is 2. The summed E-state index contributed by atoms with van der Waals surface area (Å²) < 4.78 is 0. The van der Waals surface area contributed by atoms with Crippen molar-refractivity contribution in [3.8, 4) is 0 Å². The molecule has 0 radical (unpaired) electrons. The summed E-state index contributed by atoms with van der Waals surface area (Å²) in [7, 11) is 0. The Labute approximate surface area is 153 Å². The molecular formula is C20H24N2O2S. The number of hydrogen-bond acceptors (Lipinski definition) is 3. The molecule has 0 heterocycles. The molecule has 2 atom stereocenters. The average Bonchev–Trinajstić information content (AvgIpc) is 2.66. The minimum atomic E-state index is -0.585. The summed E-state index contributed by atoms with van der Waals surface area (Å²) in [6.45, 7) is 3.97. The van der Waals surface area contributed by atoms with Crippen LogP contribution >= 0.6 is 11.8 Å². The van der Waals surface area contributed by atoms with Gasteiger partial charge in [0.15, 0.2) is 0 Å². The fraction of sp³-hybridized carbons (Fsp3) is 0.300. The van der Waals surface area contributed by atoms with Crippen molar-refractivity contribution in [2.75, 3.05) is 11.6 Å². The van der Waals surface area contributed by atoms with Gasteiger partial charge in [0, 0.05) is 16.1 Å². The second-order valence-corrected chi connectivity index (χ2v) is 6.80. The van der Waals surface area contributed by atoms with Crippen LogP contribution in [-0.4, -0.2) is 24.1 Å². The maximum atomic E-state index is 12.7. The van der Waals surface area contributed by atoms with Crippen molar-refractivity contribution < 1.29 is 9.59 Å². The normalized spacial score (nSPS) is 12.9. The number of hydrogen-bond donors (Lipinski definition) is 2. The van der Waals surface area contributed by atoms with Crippen molar-refractivity contribution in [3.05, 3.63) is 60.2 Å². The van der Waals surface area contributed by atoms with Crippen LogP contribution in [0.2, 0.25) is 0 Å². The van der Waals surface area contributed by atoms with E-state index >= 15 is 0 Å². The van der Waals surface area contributed by atoms with E-state index in [1.165, 1.54) is 0 Å². The van der Waals surface area contributed by atoms with Gasteiger partial charge in [-0.1, -0.05) is 38.5 Å². The fourth-order valence-electron chi connectivity index (χ4n) is 2.41. The van der Waals surface area contributed by atoms with Crippen LogP contribution in [0, 0.1) is 5.92 Å². The van der Waals surface area contributed by atoms with Gasteiger partial charge in [-0.25, -0.2) is 0 Å². The number of benzene rings is 2. The van der Waals surface area contributed by atoms with Crippen LogP contribution < -0.4 is 10.6 Å². The third-order valence-electron chi connectivity index (χ3n) is 4.18. The van der Waals surface area contributed by atoms with Crippen molar-refractivity contribution in [2.24, 2.45) is 5.92 Å². The molecule has 0 saturated carbocycles. The summed E-state index contributed by atoms with van der Waals surface area (Å²) in [4.78, 5) is 26.3. The van der Waals surface area contributed by atoms with Gasteiger partial charge in [0.2, 0.25) is 5.91 Å². The molecule has 0 unspecified atom stereocenters. The van der Waals surface area contributed by atoms with Crippen molar-refractivity contribution >= 4 is 29.3 Å². The largest absolute Gasteiger partial charge is 0.340 e. The topological polar surface area (TPSA) is 58.2 Å². The number of rotatable bonds is 7. The lowest BCUT2D eigenvalue weighted by atomic mass is 9.97. The lowest BCUT2D eigenvalue weighted by Crippen LogP contribution is -2.47. The van der Waals surface area contributed by atoms with Crippen molar-refractivity contribution in [1.29, 1.82) is 0 Å². The first kappa shape index (κ1) is 19.1. The molecule has 0 aliphatic rings. The molecule has 4 nitrogen and oxygen atoms in total. The molecule has 0 aliphatic heterocycles. The minimum Gasteiger partial charge on any atom is -0.340 e. The van der Waals surface area contributed by atoms with E-state index < -0.39 is 6.04 Å². The van der Waals surface area contributed by atoms with E-state index in [9.17, 15) is 9.59 Å². The van der Waals surface area contributed by atoms with Crippen molar-refractivity contribution in [1.82, 2.24) is 5.32 Å². The van der Waals surface area contributed by atoms with Crippen molar-refractivity contribution in [3.63, 3.8) is 0 Å². The molecule has 2 N–H and O–H groups in total. The third-order valence-corrected chi connectivity index (χ3v) is 4.92. The Balaban J connectivity index is 2.10. The Morgan fingerprint density at radius 3 is 2.24 bits per heavy atom. The van der Waals surface area contributed by atoms with Crippen LogP contribution in [0.1, 0.15) is 30.6 Å². The molecule has 0 aliphatic carbocycles. The van der Waals surface area contributed by atoms with Gasteiger partial charge in [-0.2, -0.15) is 0 Å². The summed E-state index contributed by atoms with van der Waals surface area (Å²) in [6.07, 6.45) is 2.80. The van der Waals surface area contributed by atoms with Crippen LogP contribution in [0.15, 0.2) is 59.5 Å². The SMILES string of the molecule is CC[C@H](C)[C@H](NC(=O)c1ccccc1)C(=O)Nc1ccc(SC)cc1. The zero-order valence-corrected chi connectivity index (χ0v) is 15.6. The average molecular weight is 356 g/mol. The summed E-state index contributed by atoms with van der Waals surface area (Å²) in [6, 6.07) is 16.0. The molecule has 0 aromatic heterocycles. The van der Waals surface area contributed by atoms with Gasteiger partial charge in [-0.15, -0.1) is 11.8 Å². The maximum absolute atomic E-state index is 12.7. The van der Waals surface area contributed by atoms with Gasteiger partial charge < -0.3 is 10.6 Å². The Bertz CT molecular complexity index is 701. The highest BCUT2D eigenvalue weighted by molar-refractivity contribution is 7.98. The molecule has 25 heavy (non-hydrogen) atoms. The Morgan fingerprint density at radius 2 is 1.68 bits per heavy atom. The zero-order valence-electron chi connectivity index (χ0n) is 14.8. The highest BCUT2D eigenvalue weighted by Crippen LogP contribution is 2.18. The summed E-state index contributed by atoms with van der Waals surface area (Å²) in [5.74, 6) is -0.410. The van der Waals surface area contributed by atoms with Crippen LogP contribution in [0.5, 0.6) is 0 Å². The molecule has 0 spiro atoms. The van der Waals surface area contributed by atoms with E-state index in [1.54, 1.807) is 36.0 Å². The van der Waals surface area contributed by atoms with E-state index in [4.69, 9.17) is 0 Å². The van der Waals surface area contributed by atoms with Crippen LogP contribution in [0.4, 0.5) is 5.69 Å². The Hall–Kier alpha value is -2.27. The van der Waals surface area contributed by atoms with Gasteiger partial charge in [-0.05, 0) is 48.6 Å². The molecular weight excluding hydrogens is 332 g/mol. The van der Waals surface area contributed by atoms with Gasteiger partial charge in [0.05, 0.1) is 0 Å². The van der Waals surface area contributed by atoms with E-state index in [2.05, 4.69) is 10.6 Å². The smallest absolute Gasteiger partial charge is 0.251 e. The number of amides is 2. The van der Waals surface area contributed by atoms with Gasteiger partial charge in [-0.3, -0.25) is 9.59 Å². The second-order valence-electron chi connectivity index (χ2n) is 5.92. The Kier molecular flexibility index (Phi) is 7.07. The van der Waals surface area contributed by atoms with Gasteiger partial charge in [0.25, 0.3) is 5.91 Å². The molecule has 0 saturated heterocycles. The number of carbonyl (C=O) groups excluding carboxylic acids is 2. The third kappa shape index (κ3) is 5.36. The molecule has 2 amide bonds. The van der Waals surface area contributed by atoms with E-state index in [0.717, 1.165) is 17.0 Å². The van der Waals surface area contributed by atoms with Crippen LogP contribution in [0.3, 0.4) is 0 Å². The highest BCUT2D eigenvalue weighted by atomic mass is 32.2. The molecule has 5 heteroatoms. The lowest BCUT2D eigenvalue weighted by Gasteiger charge is -2.23. The van der Waals surface area contributed by atoms with Crippen molar-refractivity contribution in [2.45, 2.75) is 31.2 Å². The van der Waals surface area contributed by atoms with Gasteiger partial charge in [0.1, 0.15) is 6.04 Å². The number of anilines is 1. The first-order valence-electron chi connectivity index (χ1n) is 8.36. The maximum Gasteiger partial charge on any atom is 0.251 e. The van der Waals surface area contributed by atoms with E-state index in [0.29, 0.717) is 5.56 Å². The second kappa shape index (κ2) is 9.28.